The summed E-state index contributed by atoms with van der Waals surface area (Å²) < 4.78 is 0. The van der Waals surface area contributed by atoms with Crippen molar-refractivity contribution in [2.75, 3.05) is 5.75 Å². The third kappa shape index (κ3) is 1.93. The highest BCUT2D eigenvalue weighted by Crippen LogP contribution is 2.20. The van der Waals surface area contributed by atoms with E-state index in [2.05, 4.69) is 4.98 Å². The fraction of sp³-hybridized carbons (Fsp3) is 0.0909. The number of fused-ring (bicyclic) bond motifs is 1. The van der Waals surface area contributed by atoms with Gasteiger partial charge in [-0.05, 0) is 12.1 Å². The molecule has 0 aliphatic rings. The summed E-state index contributed by atoms with van der Waals surface area (Å²) in [7, 11) is 0. The normalized spacial score (nSPS) is 10.3. The monoisotopic (exact) mass is 202 g/mol. The van der Waals surface area contributed by atoms with Gasteiger partial charge in [-0.3, -0.25) is 9.78 Å². The number of carbonyl (C=O) groups excluding carboxylic acids is 1. The van der Waals surface area contributed by atoms with Crippen LogP contribution in [0.3, 0.4) is 0 Å². The lowest BCUT2D eigenvalue weighted by Crippen LogP contribution is -1.82. The molecule has 0 atom stereocenters. The SMILES string of the molecule is O=[C]CSc1cnc2ccccc2c1. The number of pyridine rings is 1. The largest absolute Gasteiger partial charge is 0.290 e. The fourth-order valence-corrected chi connectivity index (χ4v) is 1.81. The number of aromatic nitrogens is 1. The van der Waals surface area contributed by atoms with Crippen LogP contribution in [0, 0.1) is 0 Å². The van der Waals surface area contributed by atoms with Crippen LogP contribution in [-0.2, 0) is 4.79 Å². The van der Waals surface area contributed by atoms with E-state index in [0.717, 1.165) is 15.8 Å². The van der Waals surface area contributed by atoms with E-state index in [0.29, 0.717) is 5.75 Å². The van der Waals surface area contributed by atoms with Crippen LogP contribution in [0.2, 0.25) is 0 Å². The highest BCUT2D eigenvalue weighted by atomic mass is 32.2. The van der Waals surface area contributed by atoms with Gasteiger partial charge < -0.3 is 0 Å². The summed E-state index contributed by atoms with van der Waals surface area (Å²) in [5.41, 5.74) is 0.979. The number of hydrogen-bond donors (Lipinski definition) is 0. The lowest BCUT2D eigenvalue weighted by atomic mass is 10.2. The zero-order valence-electron chi connectivity index (χ0n) is 7.43. The molecule has 1 aromatic carbocycles. The molecular formula is C11H8NOS. The Morgan fingerprint density at radius 3 is 3.07 bits per heavy atom. The van der Waals surface area contributed by atoms with Crippen LogP contribution in [0.25, 0.3) is 10.9 Å². The maximum Gasteiger partial charge on any atom is 0.209 e. The lowest BCUT2D eigenvalue weighted by Gasteiger charge is -1.99. The molecular weight excluding hydrogens is 194 g/mol. The first-order valence-corrected chi connectivity index (χ1v) is 5.21. The Labute approximate surface area is 86.3 Å². The lowest BCUT2D eigenvalue weighted by molar-refractivity contribution is 0.560. The summed E-state index contributed by atoms with van der Waals surface area (Å²) in [4.78, 5) is 15.4. The van der Waals surface area contributed by atoms with Crippen molar-refractivity contribution in [1.29, 1.82) is 0 Å². The molecule has 0 spiro atoms. The minimum absolute atomic E-state index is 0.361. The van der Waals surface area contributed by atoms with Gasteiger partial charge in [0.1, 0.15) is 0 Å². The average molecular weight is 202 g/mol. The zero-order valence-corrected chi connectivity index (χ0v) is 8.25. The maximum absolute atomic E-state index is 10.1. The molecule has 1 heterocycles. The van der Waals surface area contributed by atoms with Gasteiger partial charge in [-0.2, -0.15) is 0 Å². The summed E-state index contributed by atoms with van der Waals surface area (Å²) in [5, 5.41) is 1.10. The molecule has 0 N–H and O–H groups in total. The molecule has 0 fully saturated rings. The second-order valence-corrected chi connectivity index (χ2v) is 3.85. The Balaban J connectivity index is 2.36. The van der Waals surface area contributed by atoms with E-state index in [-0.39, 0.29) is 0 Å². The molecule has 0 saturated heterocycles. The summed E-state index contributed by atoms with van der Waals surface area (Å²) in [6, 6.07) is 9.95. The molecule has 69 valence electrons. The van der Waals surface area contributed by atoms with Gasteiger partial charge >= 0.3 is 0 Å². The fourth-order valence-electron chi connectivity index (χ4n) is 1.24. The Bertz CT molecular complexity index is 456. The number of nitrogens with zero attached hydrogens (tertiary/aromatic N) is 1. The van der Waals surface area contributed by atoms with E-state index < -0.39 is 0 Å². The number of rotatable bonds is 3. The van der Waals surface area contributed by atoms with Gasteiger partial charge in [-0.1, -0.05) is 18.2 Å². The van der Waals surface area contributed by atoms with Crippen LogP contribution in [-0.4, -0.2) is 17.0 Å². The molecule has 0 bridgehead atoms. The zero-order chi connectivity index (χ0) is 9.80. The van der Waals surface area contributed by atoms with Gasteiger partial charge in [-0.25, -0.2) is 0 Å². The number of hydrogen-bond acceptors (Lipinski definition) is 3. The second kappa shape index (κ2) is 4.24. The predicted molar refractivity (Wildman–Crippen MR) is 58.2 cm³/mol. The summed E-state index contributed by atoms with van der Waals surface area (Å²) in [6.45, 7) is 0. The Kier molecular flexibility index (Phi) is 2.79. The maximum atomic E-state index is 10.1. The van der Waals surface area contributed by atoms with Crippen molar-refractivity contribution in [3.05, 3.63) is 36.5 Å². The van der Waals surface area contributed by atoms with E-state index in [9.17, 15) is 4.79 Å². The van der Waals surface area contributed by atoms with Gasteiger partial charge in [0.2, 0.25) is 6.29 Å². The standard InChI is InChI=1S/C11H8NOS/c13-5-6-14-10-7-9-3-1-2-4-11(9)12-8-10/h1-4,7-8H,6H2. The topological polar surface area (TPSA) is 30.0 Å². The molecule has 0 aliphatic carbocycles. The molecule has 1 radical (unpaired) electrons. The van der Waals surface area contributed by atoms with E-state index in [1.54, 1.807) is 6.20 Å². The van der Waals surface area contributed by atoms with Crippen molar-refractivity contribution < 1.29 is 4.79 Å². The van der Waals surface area contributed by atoms with Gasteiger partial charge in [-0.15, -0.1) is 11.8 Å². The molecule has 1 aromatic heterocycles. The molecule has 0 amide bonds. The molecule has 2 rings (SSSR count). The Morgan fingerprint density at radius 1 is 1.36 bits per heavy atom. The van der Waals surface area contributed by atoms with Crippen LogP contribution in [0.15, 0.2) is 41.4 Å². The van der Waals surface area contributed by atoms with Gasteiger partial charge in [0.15, 0.2) is 0 Å². The van der Waals surface area contributed by atoms with E-state index in [1.807, 2.05) is 36.6 Å². The smallest absolute Gasteiger partial charge is 0.209 e. The van der Waals surface area contributed by atoms with Crippen molar-refractivity contribution >= 4 is 29.0 Å². The number of para-hydroxylation sites is 1. The second-order valence-electron chi connectivity index (χ2n) is 2.80. The van der Waals surface area contributed by atoms with Crippen LogP contribution in [0.5, 0.6) is 0 Å². The highest BCUT2D eigenvalue weighted by Gasteiger charge is 1.97. The van der Waals surface area contributed by atoms with Crippen LogP contribution >= 0.6 is 11.8 Å². The van der Waals surface area contributed by atoms with E-state index in [1.165, 1.54) is 11.8 Å². The molecule has 0 saturated carbocycles. The van der Waals surface area contributed by atoms with E-state index in [4.69, 9.17) is 0 Å². The van der Waals surface area contributed by atoms with Crippen molar-refractivity contribution in [3.63, 3.8) is 0 Å². The molecule has 2 nitrogen and oxygen atoms in total. The summed E-state index contributed by atoms with van der Waals surface area (Å²) in [6.07, 6.45) is 3.63. The molecule has 14 heavy (non-hydrogen) atoms. The Hall–Kier alpha value is -1.35. The number of benzene rings is 1. The van der Waals surface area contributed by atoms with Crippen molar-refractivity contribution in [1.82, 2.24) is 4.98 Å². The molecule has 0 unspecified atom stereocenters. The van der Waals surface area contributed by atoms with Crippen LogP contribution in [0.4, 0.5) is 0 Å². The quantitative estimate of drug-likeness (QED) is 0.716. The molecule has 2 aromatic rings. The third-order valence-electron chi connectivity index (χ3n) is 1.86. The minimum Gasteiger partial charge on any atom is -0.290 e. The number of thioether (sulfide) groups is 1. The Morgan fingerprint density at radius 2 is 2.21 bits per heavy atom. The first kappa shape index (κ1) is 9.21. The minimum atomic E-state index is 0.361. The van der Waals surface area contributed by atoms with Gasteiger partial charge in [0, 0.05) is 16.5 Å². The van der Waals surface area contributed by atoms with Crippen molar-refractivity contribution in [2.24, 2.45) is 0 Å². The van der Waals surface area contributed by atoms with Crippen molar-refractivity contribution in [2.45, 2.75) is 4.90 Å². The van der Waals surface area contributed by atoms with Crippen LogP contribution in [0.1, 0.15) is 0 Å². The van der Waals surface area contributed by atoms with Crippen LogP contribution < -0.4 is 0 Å². The first-order valence-electron chi connectivity index (χ1n) is 4.23. The van der Waals surface area contributed by atoms with Crippen molar-refractivity contribution in [3.8, 4) is 0 Å². The van der Waals surface area contributed by atoms with Gasteiger partial charge in [0.05, 0.1) is 11.3 Å². The first-order chi connectivity index (χ1) is 6.90. The molecule has 3 heteroatoms. The van der Waals surface area contributed by atoms with Gasteiger partial charge in [0.25, 0.3) is 0 Å². The predicted octanol–water partition coefficient (Wildman–Crippen LogP) is 2.44. The average Bonchev–Trinajstić information content (AvgIpc) is 2.26. The van der Waals surface area contributed by atoms with E-state index >= 15 is 0 Å². The summed E-state index contributed by atoms with van der Waals surface area (Å²) >= 11 is 1.45. The highest BCUT2D eigenvalue weighted by molar-refractivity contribution is 7.99. The third-order valence-corrected chi connectivity index (χ3v) is 2.68. The summed E-state index contributed by atoms with van der Waals surface area (Å²) in [5.74, 6) is 0.361. The molecule has 0 aliphatic heterocycles.